The molecule has 45 heavy (non-hydrogen) atoms. The molecular weight excluding hydrogens is 594 g/mol. The summed E-state index contributed by atoms with van der Waals surface area (Å²) < 4.78 is 27.8. The minimum atomic E-state index is -2.49. The molecule has 3 aromatic carbocycles. The van der Waals surface area contributed by atoms with Crippen LogP contribution in [-0.2, 0) is 16.1 Å². The van der Waals surface area contributed by atoms with E-state index in [0.717, 1.165) is 70.8 Å². The molecule has 13 heteroatoms. The average molecular weight is 631 g/mol. The summed E-state index contributed by atoms with van der Waals surface area (Å²) in [5, 5.41) is 13.4. The fourth-order valence-corrected chi connectivity index (χ4v) is 7.34. The zero-order valence-electron chi connectivity index (χ0n) is 25.0. The van der Waals surface area contributed by atoms with Gasteiger partial charge >= 0.3 is 6.01 Å². The van der Waals surface area contributed by atoms with Gasteiger partial charge in [-0.1, -0.05) is 30.3 Å². The van der Waals surface area contributed by atoms with Crippen molar-refractivity contribution in [2.75, 3.05) is 44.7 Å². The SMILES string of the molecule is CN1CCC[C@H]1COc1nc(N2[C@@H]3CC[C@H]2CN(C(=O)CNNS(=O)[O-])C3)c2ccc(-c3cc(O)cc4ccccc34)cc2n1. The summed E-state index contributed by atoms with van der Waals surface area (Å²) in [5.41, 5.74) is 5.05. The van der Waals surface area contributed by atoms with Crippen molar-refractivity contribution in [2.24, 2.45) is 0 Å². The summed E-state index contributed by atoms with van der Waals surface area (Å²) in [7, 11) is 2.11. The number of rotatable bonds is 9. The van der Waals surface area contributed by atoms with Gasteiger partial charge in [0.05, 0.1) is 12.1 Å². The minimum Gasteiger partial charge on any atom is -0.759 e. The summed E-state index contributed by atoms with van der Waals surface area (Å²) in [6.45, 7) is 2.46. The lowest BCUT2D eigenvalue weighted by Gasteiger charge is -2.42. The van der Waals surface area contributed by atoms with Gasteiger partial charge in [0.1, 0.15) is 18.2 Å². The number of carbonyl (C=O) groups excluding carboxylic acids is 1. The molecule has 0 aliphatic carbocycles. The second-order valence-electron chi connectivity index (χ2n) is 12.1. The lowest BCUT2D eigenvalue weighted by Crippen LogP contribution is -2.57. The largest absolute Gasteiger partial charge is 0.759 e. The van der Waals surface area contributed by atoms with Crippen LogP contribution in [-0.4, -0.2) is 97.5 Å². The Hall–Kier alpha value is -3.88. The topological polar surface area (TPSA) is 146 Å². The van der Waals surface area contributed by atoms with Crippen molar-refractivity contribution < 1.29 is 23.4 Å². The number of likely N-dealkylation sites (N-methyl/N-ethyl adjacent to an activating group) is 1. The minimum absolute atomic E-state index is 0.0518. The van der Waals surface area contributed by atoms with Gasteiger partial charge in [0.2, 0.25) is 5.91 Å². The number of ether oxygens (including phenoxy) is 1. The van der Waals surface area contributed by atoms with Crippen LogP contribution >= 0.6 is 0 Å². The van der Waals surface area contributed by atoms with Crippen molar-refractivity contribution in [1.82, 2.24) is 30.0 Å². The summed E-state index contributed by atoms with van der Waals surface area (Å²) in [6, 6.07) is 18.4. The van der Waals surface area contributed by atoms with E-state index in [9.17, 15) is 18.7 Å². The van der Waals surface area contributed by atoms with Crippen molar-refractivity contribution in [3.8, 4) is 22.9 Å². The van der Waals surface area contributed by atoms with Crippen LogP contribution < -0.4 is 19.9 Å². The summed E-state index contributed by atoms with van der Waals surface area (Å²) in [6.07, 6.45) is 4.03. The van der Waals surface area contributed by atoms with Crippen LogP contribution in [0.3, 0.4) is 0 Å². The normalized spacial score (nSPS) is 22.4. The van der Waals surface area contributed by atoms with Crippen LogP contribution in [0.15, 0.2) is 54.6 Å². The smallest absolute Gasteiger partial charge is 0.319 e. The summed E-state index contributed by atoms with van der Waals surface area (Å²) >= 11 is -2.49. The number of likely N-dealkylation sites (tertiary alicyclic amines) is 2. The molecule has 3 aliphatic rings. The van der Waals surface area contributed by atoms with Crippen LogP contribution in [0.5, 0.6) is 11.8 Å². The molecule has 236 valence electrons. The van der Waals surface area contributed by atoms with E-state index in [-0.39, 0.29) is 30.3 Å². The number of phenolic OH excluding ortho intramolecular Hbond substituents is 1. The number of nitrogens with one attached hydrogen (secondary N) is 2. The van der Waals surface area contributed by atoms with E-state index in [1.54, 1.807) is 17.0 Å². The van der Waals surface area contributed by atoms with E-state index in [1.165, 1.54) is 0 Å². The van der Waals surface area contributed by atoms with Crippen molar-refractivity contribution in [2.45, 2.75) is 43.8 Å². The molecule has 3 saturated heterocycles. The molecule has 7 rings (SSSR count). The second kappa shape index (κ2) is 12.5. The van der Waals surface area contributed by atoms with E-state index in [4.69, 9.17) is 14.7 Å². The number of anilines is 1. The molecule has 1 amide bonds. The number of fused-ring (bicyclic) bond motifs is 4. The molecule has 3 aliphatic heterocycles. The number of carbonyl (C=O) groups is 1. The van der Waals surface area contributed by atoms with Gasteiger partial charge in [-0.3, -0.25) is 9.00 Å². The quantitative estimate of drug-likeness (QED) is 0.186. The number of piperazine rings is 1. The molecule has 2 bridgehead atoms. The van der Waals surface area contributed by atoms with Gasteiger partial charge in [0, 0.05) is 47.9 Å². The third-order valence-electron chi connectivity index (χ3n) is 9.36. The summed E-state index contributed by atoms with van der Waals surface area (Å²) in [4.78, 5) is 31.2. The first-order valence-corrected chi connectivity index (χ1v) is 16.4. The van der Waals surface area contributed by atoms with Crippen LogP contribution in [0.2, 0.25) is 0 Å². The maximum atomic E-state index is 12.9. The Labute approximate surface area is 263 Å². The number of nitrogens with zero attached hydrogens (tertiary/aromatic N) is 5. The van der Waals surface area contributed by atoms with Gasteiger partial charge in [-0.05, 0) is 85.4 Å². The Morgan fingerprint density at radius 1 is 1.07 bits per heavy atom. The maximum absolute atomic E-state index is 12.9. The molecular formula is C32H36N7O5S-. The van der Waals surface area contributed by atoms with Gasteiger partial charge in [0.25, 0.3) is 0 Å². The first kappa shape index (κ1) is 29.8. The number of hydrogen-bond donors (Lipinski definition) is 3. The van der Waals surface area contributed by atoms with E-state index in [1.807, 2.05) is 41.2 Å². The Balaban J connectivity index is 1.24. The van der Waals surface area contributed by atoms with Crippen LogP contribution in [0.25, 0.3) is 32.8 Å². The lowest BCUT2D eigenvalue weighted by atomic mass is 9.97. The molecule has 0 saturated carbocycles. The number of benzene rings is 3. The number of hydrogen-bond acceptors (Lipinski definition) is 10. The molecule has 4 heterocycles. The number of aromatic hydroxyl groups is 1. The predicted octanol–water partition coefficient (Wildman–Crippen LogP) is 2.70. The Morgan fingerprint density at radius 3 is 2.62 bits per heavy atom. The van der Waals surface area contributed by atoms with Crippen molar-refractivity contribution in [3.63, 3.8) is 0 Å². The monoisotopic (exact) mass is 630 g/mol. The van der Waals surface area contributed by atoms with Crippen molar-refractivity contribution >= 4 is 44.7 Å². The van der Waals surface area contributed by atoms with E-state index < -0.39 is 11.3 Å². The number of phenols is 1. The fourth-order valence-electron chi connectivity index (χ4n) is 7.15. The molecule has 4 atom stereocenters. The van der Waals surface area contributed by atoms with Gasteiger partial charge in [-0.15, -0.1) is 0 Å². The predicted molar refractivity (Wildman–Crippen MR) is 171 cm³/mol. The number of aromatic nitrogens is 2. The van der Waals surface area contributed by atoms with E-state index >= 15 is 0 Å². The Bertz CT molecular complexity index is 1760. The third kappa shape index (κ3) is 6.06. The highest BCUT2D eigenvalue weighted by atomic mass is 32.2. The first-order valence-electron chi connectivity index (χ1n) is 15.3. The van der Waals surface area contributed by atoms with Crippen molar-refractivity contribution in [3.05, 3.63) is 54.6 Å². The number of amides is 1. The van der Waals surface area contributed by atoms with Gasteiger partial charge in [0.15, 0.2) is 0 Å². The molecule has 0 spiro atoms. The highest BCUT2D eigenvalue weighted by Crippen LogP contribution is 2.40. The van der Waals surface area contributed by atoms with Gasteiger partial charge in [-0.2, -0.15) is 14.8 Å². The zero-order chi connectivity index (χ0) is 31.1. The molecule has 4 aromatic rings. The molecule has 1 unspecified atom stereocenters. The van der Waals surface area contributed by atoms with E-state index in [0.29, 0.717) is 31.7 Å². The average Bonchev–Trinajstić information content (AvgIpc) is 3.56. The van der Waals surface area contributed by atoms with Crippen LogP contribution in [0.1, 0.15) is 25.7 Å². The third-order valence-corrected chi connectivity index (χ3v) is 9.68. The molecule has 3 N–H and O–H groups in total. The second-order valence-corrected chi connectivity index (χ2v) is 12.8. The highest BCUT2D eigenvalue weighted by Gasteiger charge is 2.43. The van der Waals surface area contributed by atoms with Gasteiger partial charge in [-0.25, -0.2) is 5.43 Å². The molecule has 12 nitrogen and oxygen atoms in total. The lowest BCUT2D eigenvalue weighted by molar-refractivity contribution is -0.131. The highest BCUT2D eigenvalue weighted by molar-refractivity contribution is 7.76. The summed E-state index contributed by atoms with van der Waals surface area (Å²) in [5.74, 6) is 0.834. The van der Waals surface area contributed by atoms with Crippen molar-refractivity contribution in [1.29, 1.82) is 0 Å². The standard InChI is InChI=1S/C32H37N7O5S/c1-37-12-4-6-24(37)19-44-32-34-29-14-21(28-15-25(40)13-20-5-2-3-7-26(20)28)8-11-27(29)31(35-32)39-22-9-10-23(39)18-38(17-22)30(41)16-33-36-45(42)43/h2-3,5,7-8,11,13-15,22-24,33,36,40H,4,6,9-10,12,16-19H2,1H3,(H,42,43)/p-1/t22-,23+,24-/m0/s1. The zero-order valence-corrected chi connectivity index (χ0v) is 25.8. The van der Waals surface area contributed by atoms with Gasteiger partial charge < -0.3 is 29.1 Å². The molecule has 0 radical (unpaired) electrons. The Morgan fingerprint density at radius 2 is 1.87 bits per heavy atom. The molecule has 3 fully saturated rings. The number of hydrazine groups is 1. The van der Waals surface area contributed by atoms with Crippen LogP contribution in [0.4, 0.5) is 5.82 Å². The fraction of sp³-hybridized carbons (Fsp3) is 0.406. The van der Waals surface area contributed by atoms with E-state index in [2.05, 4.69) is 28.3 Å². The Kier molecular flexibility index (Phi) is 8.27. The van der Waals surface area contributed by atoms with Crippen LogP contribution in [0, 0.1) is 0 Å². The first-order chi connectivity index (χ1) is 21.8. The maximum Gasteiger partial charge on any atom is 0.319 e. The molecule has 1 aromatic heterocycles.